The second-order valence-corrected chi connectivity index (χ2v) is 9.55. The lowest BCUT2D eigenvalue weighted by atomic mass is 10.1. The maximum Gasteiger partial charge on any atom is 0.284 e. The molecule has 3 rings (SSSR count). The lowest BCUT2D eigenvalue weighted by Gasteiger charge is -2.13. The van der Waals surface area contributed by atoms with Gasteiger partial charge in [0.2, 0.25) is 0 Å². The Kier molecular flexibility index (Phi) is 7.34. The van der Waals surface area contributed by atoms with Gasteiger partial charge >= 0.3 is 0 Å². The fraction of sp³-hybridized carbons (Fsp3) is 0.286. The number of amides is 1. The zero-order valence-corrected chi connectivity index (χ0v) is 19.3. The molecule has 2 aromatic carbocycles. The van der Waals surface area contributed by atoms with Crippen LogP contribution in [0.1, 0.15) is 36.2 Å². The van der Waals surface area contributed by atoms with Crippen molar-refractivity contribution in [2.24, 2.45) is 7.05 Å². The van der Waals surface area contributed by atoms with Crippen molar-refractivity contribution in [3.63, 3.8) is 0 Å². The molecule has 1 aromatic heterocycles. The van der Waals surface area contributed by atoms with Gasteiger partial charge in [0.15, 0.2) is 5.16 Å². The molecule has 1 N–H and O–H groups in total. The number of benzene rings is 2. The molecule has 8 nitrogen and oxygen atoms in total. The maximum absolute atomic E-state index is 12.8. The van der Waals surface area contributed by atoms with E-state index in [4.69, 9.17) is 0 Å². The Bertz CT molecular complexity index is 1120. The molecule has 1 unspecified atom stereocenters. The van der Waals surface area contributed by atoms with Gasteiger partial charge in [-0.05, 0) is 61.0 Å². The number of anilines is 1. The maximum atomic E-state index is 12.8. The van der Waals surface area contributed by atoms with Gasteiger partial charge in [-0.1, -0.05) is 13.8 Å². The van der Waals surface area contributed by atoms with Gasteiger partial charge < -0.3 is 9.88 Å². The van der Waals surface area contributed by atoms with Crippen LogP contribution in [0.3, 0.4) is 0 Å². The average molecular weight is 458 g/mol. The molecule has 10 heteroatoms. The fourth-order valence-corrected chi connectivity index (χ4v) is 4.58. The molecular formula is C21H23N5O3S2. The Labute approximate surface area is 189 Å². The van der Waals surface area contributed by atoms with Gasteiger partial charge in [0.05, 0.1) is 9.82 Å². The molecule has 0 spiro atoms. The number of nitrogens with one attached hydrogen (secondary N) is 1. The molecule has 162 valence electrons. The van der Waals surface area contributed by atoms with Crippen molar-refractivity contribution >= 4 is 40.8 Å². The van der Waals surface area contributed by atoms with Crippen molar-refractivity contribution in [2.45, 2.75) is 47.4 Å². The average Bonchev–Trinajstić information content (AvgIpc) is 3.14. The molecule has 0 saturated heterocycles. The van der Waals surface area contributed by atoms with Crippen LogP contribution >= 0.6 is 23.5 Å². The molecular weight excluding hydrogens is 434 g/mol. The quantitative estimate of drug-likeness (QED) is 0.277. The van der Waals surface area contributed by atoms with Gasteiger partial charge in [0.1, 0.15) is 6.33 Å². The smallest absolute Gasteiger partial charge is 0.284 e. The summed E-state index contributed by atoms with van der Waals surface area (Å²) in [5, 5.41) is 23.2. The van der Waals surface area contributed by atoms with E-state index >= 15 is 0 Å². The second kappa shape index (κ2) is 9.97. The molecule has 0 bridgehead atoms. The number of aryl methyl sites for hydroxylation is 2. The predicted molar refractivity (Wildman–Crippen MR) is 123 cm³/mol. The SMILES string of the molecule is CCC(C)Sc1ccc(NC(=O)c2ccc(Sc3nncn3C)c([N+](=O)[O-])c2)c(C)c1. The van der Waals surface area contributed by atoms with Gasteiger partial charge in [-0.2, -0.15) is 0 Å². The van der Waals surface area contributed by atoms with Crippen LogP contribution in [-0.4, -0.2) is 30.8 Å². The van der Waals surface area contributed by atoms with Crippen LogP contribution in [0.25, 0.3) is 0 Å². The van der Waals surface area contributed by atoms with E-state index in [2.05, 4.69) is 29.4 Å². The van der Waals surface area contributed by atoms with Crippen LogP contribution in [0.15, 0.2) is 57.7 Å². The van der Waals surface area contributed by atoms with Crippen LogP contribution in [0.2, 0.25) is 0 Å². The Morgan fingerprint density at radius 1 is 1.29 bits per heavy atom. The molecule has 1 atom stereocenters. The van der Waals surface area contributed by atoms with Crippen LogP contribution in [0.4, 0.5) is 11.4 Å². The largest absolute Gasteiger partial charge is 0.322 e. The zero-order chi connectivity index (χ0) is 22.5. The van der Waals surface area contributed by atoms with Crippen LogP contribution in [0, 0.1) is 17.0 Å². The van der Waals surface area contributed by atoms with E-state index in [1.165, 1.54) is 12.4 Å². The first-order valence-corrected chi connectivity index (χ1v) is 11.4. The number of thioether (sulfide) groups is 1. The molecule has 0 radical (unpaired) electrons. The van der Waals surface area contributed by atoms with Crippen LogP contribution < -0.4 is 5.32 Å². The summed E-state index contributed by atoms with van der Waals surface area (Å²) in [5.74, 6) is -0.399. The van der Waals surface area contributed by atoms with E-state index in [1.807, 2.05) is 25.1 Å². The molecule has 31 heavy (non-hydrogen) atoms. The van der Waals surface area contributed by atoms with Crippen LogP contribution in [-0.2, 0) is 7.05 Å². The molecule has 0 aliphatic heterocycles. The van der Waals surface area contributed by atoms with E-state index < -0.39 is 10.8 Å². The monoisotopic (exact) mass is 457 g/mol. The summed E-state index contributed by atoms with van der Waals surface area (Å²) in [6.07, 6.45) is 2.59. The highest BCUT2D eigenvalue weighted by molar-refractivity contribution is 8.00. The first kappa shape index (κ1) is 22.8. The number of nitro groups is 1. The normalized spacial score (nSPS) is 11.9. The highest BCUT2D eigenvalue weighted by Crippen LogP contribution is 2.34. The first-order chi connectivity index (χ1) is 14.8. The Balaban J connectivity index is 1.79. The first-order valence-electron chi connectivity index (χ1n) is 9.67. The summed E-state index contributed by atoms with van der Waals surface area (Å²) < 4.78 is 1.67. The van der Waals surface area contributed by atoms with Crippen molar-refractivity contribution in [2.75, 3.05) is 5.32 Å². The summed E-state index contributed by atoms with van der Waals surface area (Å²) in [4.78, 5) is 25.4. The summed E-state index contributed by atoms with van der Waals surface area (Å²) in [7, 11) is 1.75. The number of carbonyl (C=O) groups is 1. The van der Waals surface area contributed by atoms with Crippen molar-refractivity contribution in [1.29, 1.82) is 0 Å². The van der Waals surface area contributed by atoms with Crippen molar-refractivity contribution in [3.05, 3.63) is 64.0 Å². The molecule has 0 aliphatic carbocycles. The minimum atomic E-state index is -0.498. The standard InChI is InChI=1S/C21H23N5O3S2/c1-5-14(3)30-16-7-8-17(13(2)10-16)23-20(27)15-6-9-19(18(11-15)26(28)29)31-21-24-22-12-25(21)4/h6-12,14H,5H2,1-4H3,(H,23,27). The summed E-state index contributed by atoms with van der Waals surface area (Å²) >= 11 is 2.91. The van der Waals surface area contributed by atoms with Gasteiger partial charge in [-0.25, -0.2) is 0 Å². The minimum Gasteiger partial charge on any atom is -0.322 e. The second-order valence-electron chi connectivity index (χ2n) is 7.03. The molecule has 0 fully saturated rings. The van der Waals surface area contributed by atoms with Gasteiger partial charge in [-0.3, -0.25) is 14.9 Å². The van der Waals surface area contributed by atoms with Gasteiger partial charge in [0.25, 0.3) is 11.6 Å². The zero-order valence-electron chi connectivity index (χ0n) is 17.7. The van der Waals surface area contributed by atoms with E-state index in [1.54, 1.807) is 35.5 Å². The number of nitrogens with zero attached hydrogens (tertiary/aromatic N) is 4. The van der Waals surface area contributed by atoms with E-state index in [-0.39, 0.29) is 11.3 Å². The van der Waals surface area contributed by atoms with Crippen LogP contribution in [0.5, 0.6) is 0 Å². The third-order valence-corrected chi connectivity index (χ3v) is 7.03. The number of hydrogen-bond acceptors (Lipinski definition) is 7. The summed E-state index contributed by atoms with van der Waals surface area (Å²) in [6.45, 7) is 6.25. The molecule has 0 aliphatic rings. The molecule has 1 amide bonds. The summed E-state index contributed by atoms with van der Waals surface area (Å²) in [5.41, 5.74) is 1.67. The highest BCUT2D eigenvalue weighted by Gasteiger charge is 2.20. The third-order valence-electron chi connectivity index (χ3n) is 4.65. The highest BCUT2D eigenvalue weighted by atomic mass is 32.2. The number of carbonyl (C=O) groups excluding carboxylic acids is 1. The molecule has 1 heterocycles. The fourth-order valence-electron chi connectivity index (χ4n) is 2.71. The summed E-state index contributed by atoms with van der Waals surface area (Å²) in [6, 6.07) is 10.3. The van der Waals surface area contributed by atoms with E-state index in [0.717, 1.165) is 28.6 Å². The number of rotatable bonds is 8. The van der Waals surface area contributed by atoms with Crippen molar-refractivity contribution < 1.29 is 9.72 Å². The third kappa shape index (κ3) is 5.65. The predicted octanol–water partition coefficient (Wildman–Crippen LogP) is 5.33. The topological polar surface area (TPSA) is 103 Å². The Morgan fingerprint density at radius 2 is 2.06 bits per heavy atom. The van der Waals surface area contributed by atoms with E-state index in [0.29, 0.717) is 21.0 Å². The lowest BCUT2D eigenvalue weighted by Crippen LogP contribution is -2.13. The Morgan fingerprint density at radius 3 is 2.68 bits per heavy atom. The lowest BCUT2D eigenvalue weighted by molar-refractivity contribution is -0.387. The van der Waals surface area contributed by atoms with Gasteiger partial charge in [-0.15, -0.1) is 22.0 Å². The van der Waals surface area contributed by atoms with Gasteiger partial charge in [0, 0.05) is 34.5 Å². The molecule has 0 saturated carbocycles. The Hall–Kier alpha value is -2.85. The van der Waals surface area contributed by atoms with Crippen molar-refractivity contribution in [3.8, 4) is 0 Å². The number of aromatic nitrogens is 3. The van der Waals surface area contributed by atoms with Crippen molar-refractivity contribution in [1.82, 2.24) is 14.8 Å². The minimum absolute atomic E-state index is 0.155. The molecule has 3 aromatic rings. The number of hydrogen-bond donors (Lipinski definition) is 1. The number of nitro benzene ring substituents is 1. The van der Waals surface area contributed by atoms with E-state index in [9.17, 15) is 14.9 Å².